The summed E-state index contributed by atoms with van der Waals surface area (Å²) in [6.07, 6.45) is 6.78. The van der Waals surface area contributed by atoms with Crippen LogP contribution in [0.25, 0.3) is 0 Å². The van der Waals surface area contributed by atoms with E-state index in [1.807, 2.05) is 0 Å². The Hall–Kier alpha value is -2.00. The first-order valence-electron chi connectivity index (χ1n) is 9.58. The Morgan fingerprint density at radius 3 is 1.58 bits per heavy atom. The lowest BCUT2D eigenvalue weighted by atomic mass is 9.94. The van der Waals surface area contributed by atoms with Crippen LogP contribution in [0.3, 0.4) is 0 Å². The molecule has 10 nitrogen and oxygen atoms in total. The summed E-state index contributed by atoms with van der Waals surface area (Å²) in [6, 6.07) is -1.80. The topological polar surface area (TPSA) is 122 Å². The van der Waals surface area contributed by atoms with Crippen LogP contribution in [0.4, 0.5) is 0 Å². The van der Waals surface area contributed by atoms with E-state index in [2.05, 4.69) is 0 Å². The van der Waals surface area contributed by atoms with Gasteiger partial charge in [-0.3, -0.25) is 10.1 Å². The molecule has 2 saturated carbocycles. The monoisotopic (exact) mass is 375 g/mol. The molecule has 0 amide bonds. The third-order valence-corrected chi connectivity index (χ3v) is 5.33. The van der Waals surface area contributed by atoms with E-state index < -0.39 is 29.2 Å². The van der Waals surface area contributed by atoms with E-state index in [4.69, 9.17) is 9.68 Å². The van der Waals surface area contributed by atoms with Gasteiger partial charge >= 0.3 is 11.1 Å². The van der Waals surface area contributed by atoms with E-state index in [0.29, 0.717) is 25.7 Å². The molecule has 2 rings (SSSR count). The maximum absolute atomic E-state index is 12.2. The molecule has 0 radical (unpaired) electrons. The van der Waals surface area contributed by atoms with Crippen LogP contribution >= 0.6 is 0 Å². The number of nitro groups is 1. The van der Waals surface area contributed by atoms with Gasteiger partial charge in [0.1, 0.15) is 4.91 Å². The lowest BCUT2D eigenvalue weighted by molar-refractivity contribution is -1.00. The molecule has 2 aliphatic carbocycles. The van der Waals surface area contributed by atoms with E-state index in [-0.39, 0.29) is 10.0 Å². The van der Waals surface area contributed by atoms with Crippen molar-refractivity contribution < 1.29 is 29.8 Å². The van der Waals surface area contributed by atoms with E-state index in [1.54, 1.807) is 0 Å². The van der Waals surface area contributed by atoms with E-state index in [1.165, 1.54) is 0 Å². The number of hydrogen-bond acceptors (Lipinski definition) is 6. The summed E-state index contributed by atoms with van der Waals surface area (Å²) in [5, 5.41) is 20.6. The van der Waals surface area contributed by atoms with E-state index in [0.717, 1.165) is 51.4 Å². The average Bonchev–Trinajstić information content (AvgIpc) is 2.52. The Balaban J connectivity index is 1.98. The molecule has 148 valence electrons. The van der Waals surface area contributed by atoms with Gasteiger partial charge < -0.3 is 0 Å². The SMILES string of the molecule is O=[N+](OC1CCCCCCC1[N+](=O)[O-])OC1CCCCCCC1[N+](=O)O. The summed E-state index contributed by atoms with van der Waals surface area (Å²) in [5.41, 5.74) is 0. The summed E-state index contributed by atoms with van der Waals surface area (Å²) in [7, 11) is 0. The maximum atomic E-state index is 12.2. The molecule has 0 aromatic heterocycles. The van der Waals surface area contributed by atoms with Crippen LogP contribution < -0.4 is 0 Å². The molecular weight excluding hydrogens is 346 g/mol. The Morgan fingerprint density at radius 2 is 1.12 bits per heavy atom. The average molecular weight is 375 g/mol. The summed E-state index contributed by atoms with van der Waals surface area (Å²) in [5.74, 6) is 0. The Kier molecular flexibility index (Phi) is 7.99. The summed E-state index contributed by atoms with van der Waals surface area (Å²) < 4.78 is 0. The molecule has 4 unspecified atom stereocenters. The molecule has 26 heavy (non-hydrogen) atoms. The molecule has 0 aliphatic heterocycles. The standard InChI is InChI=1S/C16H29N3O7/c20-17(21)13-9-5-1-3-7-11-15(13)25-19(24)26-16-12-8-4-2-6-10-14(16)18(22)23/h13-16H,1-12H2,(H,20,21)/q+2. The fraction of sp³-hybridized carbons (Fsp3) is 1.00. The highest BCUT2D eigenvalue weighted by molar-refractivity contribution is 4.72. The van der Waals surface area contributed by atoms with Crippen molar-refractivity contribution in [3.05, 3.63) is 19.9 Å². The lowest BCUT2D eigenvalue weighted by Gasteiger charge is -2.19. The predicted molar refractivity (Wildman–Crippen MR) is 88.8 cm³/mol. The number of nitrogens with zero attached hydrogens (tertiary/aromatic N) is 3. The highest BCUT2D eigenvalue weighted by atomic mass is 17.0. The molecular formula is C16H29N3O7+2. The van der Waals surface area contributed by atoms with Crippen LogP contribution in [0, 0.1) is 19.9 Å². The molecule has 2 fully saturated rings. The van der Waals surface area contributed by atoms with Crippen LogP contribution in [-0.2, 0) is 9.68 Å². The fourth-order valence-corrected chi connectivity index (χ4v) is 3.85. The highest BCUT2D eigenvalue weighted by Gasteiger charge is 2.45. The van der Waals surface area contributed by atoms with Crippen molar-refractivity contribution in [3.8, 4) is 0 Å². The molecule has 0 aromatic carbocycles. The molecule has 0 heterocycles. The van der Waals surface area contributed by atoms with Gasteiger partial charge in [-0.2, -0.15) is 9.68 Å². The van der Waals surface area contributed by atoms with Crippen LogP contribution in [0.2, 0.25) is 0 Å². The zero-order chi connectivity index (χ0) is 18.9. The molecule has 0 aromatic rings. The molecule has 4 atom stereocenters. The molecule has 0 spiro atoms. The first kappa shape index (κ1) is 20.3. The zero-order valence-corrected chi connectivity index (χ0v) is 15.0. The summed E-state index contributed by atoms with van der Waals surface area (Å²) >= 11 is 0. The maximum Gasteiger partial charge on any atom is 0.478 e. The quantitative estimate of drug-likeness (QED) is 0.558. The van der Waals surface area contributed by atoms with Gasteiger partial charge in [0.05, 0.1) is 4.91 Å². The third-order valence-electron chi connectivity index (χ3n) is 5.33. The third kappa shape index (κ3) is 6.06. The minimum absolute atomic E-state index is 0.0778. The van der Waals surface area contributed by atoms with Crippen molar-refractivity contribution in [2.24, 2.45) is 0 Å². The van der Waals surface area contributed by atoms with E-state index in [9.17, 15) is 25.1 Å². The van der Waals surface area contributed by atoms with Gasteiger partial charge in [-0.1, -0.05) is 25.7 Å². The first-order valence-corrected chi connectivity index (χ1v) is 9.58. The first-order chi connectivity index (χ1) is 12.5. The zero-order valence-electron chi connectivity index (χ0n) is 15.0. The highest BCUT2D eigenvalue weighted by Crippen LogP contribution is 2.25. The van der Waals surface area contributed by atoms with Crippen molar-refractivity contribution in [2.75, 3.05) is 0 Å². The Labute approximate surface area is 152 Å². The van der Waals surface area contributed by atoms with Crippen molar-refractivity contribution >= 4 is 0 Å². The lowest BCUT2D eigenvalue weighted by Crippen LogP contribution is -2.42. The van der Waals surface area contributed by atoms with Gasteiger partial charge in [0.15, 0.2) is 0 Å². The second-order valence-corrected chi connectivity index (χ2v) is 7.22. The molecule has 1 N–H and O–H groups in total. The second-order valence-electron chi connectivity index (χ2n) is 7.22. The van der Waals surface area contributed by atoms with Crippen LogP contribution in [-0.4, -0.2) is 44.4 Å². The summed E-state index contributed by atoms with van der Waals surface area (Å²) in [6.45, 7) is 0. The van der Waals surface area contributed by atoms with Crippen LogP contribution in [0.1, 0.15) is 77.0 Å². The van der Waals surface area contributed by atoms with Crippen LogP contribution in [0.5, 0.6) is 0 Å². The van der Waals surface area contributed by atoms with Gasteiger partial charge in [0, 0.05) is 17.8 Å². The summed E-state index contributed by atoms with van der Waals surface area (Å²) in [4.78, 5) is 44.8. The van der Waals surface area contributed by atoms with Crippen LogP contribution in [0.15, 0.2) is 0 Å². The number of hydrogen-bond donors (Lipinski definition) is 1. The predicted octanol–water partition coefficient (Wildman–Crippen LogP) is 3.26. The van der Waals surface area contributed by atoms with Crippen molar-refractivity contribution in [1.29, 1.82) is 0 Å². The van der Waals surface area contributed by atoms with Crippen molar-refractivity contribution in [2.45, 2.75) is 101 Å². The van der Waals surface area contributed by atoms with Gasteiger partial charge in [-0.05, 0) is 38.5 Å². The van der Waals surface area contributed by atoms with Crippen molar-refractivity contribution in [1.82, 2.24) is 0 Å². The molecule has 2 aliphatic rings. The van der Waals surface area contributed by atoms with Gasteiger partial charge in [-0.25, -0.2) is 5.21 Å². The Bertz CT molecular complexity index is 460. The molecule has 0 bridgehead atoms. The number of rotatable bonds is 6. The second kappa shape index (κ2) is 10.2. The largest absolute Gasteiger partial charge is 0.478 e. The smallest absolute Gasteiger partial charge is 0.264 e. The van der Waals surface area contributed by atoms with Crippen molar-refractivity contribution in [3.63, 3.8) is 0 Å². The van der Waals surface area contributed by atoms with E-state index >= 15 is 0 Å². The molecule has 10 heteroatoms. The normalized spacial score (nSPS) is 30.8. The minimum Gasteiger partial charge on any atom is -0.264 e. The van der Waals surface area contributed by atoms with Gasteiger partial charge in [0.25, 0.3) is 12.1 Å². The Morgan fingerprint density at radius 1 is 0.692 bits per heavy atom. The fourth-order valence-electron chi connectivity index (χ4n) is 3.85. The molecule has 0 saturated heterocycles. The van der Waals surface area contributed by atoms with Gasteiger partial charge in [0.2, 0.25) is 11.0 Å². The van der Waals surface area contributed by atoms with Gasteiger partial charge in [-0.15, -0.1) is 0 Å². The minimum atomic E-state index is -0.947.